The first-order valence-electron chi connectivity index (χ1n) is 17.5. The number of carbonyl (C=O) groups excluding carboxylic acids is 1. The largest absolute Gasteiger partial charge is 0.510 e. The number of ether oxygens (including phenoxy) is 3. The van der Waals surface area contributed by atoms with Crippen molar-refractivity contribution in [3.63, 3.8) is 0 Å². The van der Waals surface area contributed by atoms with E-state index >= 15 is 0 Å². The number of anilines is 1. The van der Waals surface area contributed by atoms with Crippen molar-refractivity contribution in [2.45, 2.75) is 143 Å². The van der Waals surface area contributed by atoms with Crippen molar-refractivity contribution in [3.8, 4) is 0 Å². The smallest absolute Gasteiger partial charge is 0.429 e. The van der Waals surface area contributed by atoms with Gasteiger partial charge < -0.3 is 29.0 Å². The lowest BCUT2D eigenvalue weighted by molar-refractivity contribution is -0.0414. The molecule has 0 aliphatic rings. The van der Waals surface area contributed by atoms with Crippen molar-refractivity contribution >= 4 is 51.4 Å². The second-order valence-corrected chi connectivity index (χ2v) is 18.3. The SMILES string of the molecule is CCCCCCCCCCCCCCCCS(=S)CCO[P@@](=O)(CO[C@H](C)Cn1cnc2c(N)ncnc21)OCOC(=O)OC(C)(C)C. The zero-order chi connectivity index (χ0) is 35.3. The molecule has 0 aliphatic heterocycles. The molecule has 3 atom stereocenters. The standard InChI is InChI=1S/C33H60N5O7PS2/c1-6-7-8-9-10-11-12-13-14-15-16-17-18-19-21-48(47)22-20-43-46(40,44-26-41-32(39)45-33(3,4)5)27-42-28(2)23-38-25-37-29-30(34)35-24-36-31(29)38/h24-25,28H,6-23,26-27H2,1-5H3,(H2,34,35,36)/t28-,46+,48?/m1/s1. The quantitative estimate of drug-likeness (QED) is 0.0406. The van der Waals surface area contributed by atoms with Crippen LogP contribution in [0.4, 0.5) is 10.6 Å². The molecule has 12 nitrogen and oxygen atoms in total. The number of aromatic nitrogens is 4. The molecule has 2 aromatic heterocycles. The Balaban J connectivity index is 1.70. The number of imidazole rings is 1. The van der Waals surface area contributed by atoms with Gasteiger partial charge in [-0.25, -0.2) is 19.7 Å². The van der Waals surface area contributed by atoms with Crippen LogP contribution in [-0.4, -0.2) is 68.6 Å². The van der Waals surface area contributed by atoms with Crippen LogP contribution in [-0.2, 0) is 55.0 Å². The van der Waals surface area contributed by atoms with E-state index in [1.165, 1.54) is 89.8 Å². The van der Waals surface area contributed by atoms with Crippen LogP contribution in [0.2, 0.25) is 0 Å². The van der Waals surface area contributed by atoms with Gasteiger partial charge in [-0.1, -0.05) is 102 Å². The summed E-state index contributed by atoms with van der Waals surface area (Å²) in [6, 6.07) is 0. The normalized spacial score (nSPS) is 14.5. The molecule has 276 valence electrons. The first-order valence-corrected chi connectivity index (χ1v) is 21.8. The van der Waals surface area contributed by atoms with Crippen LogP contribution >= 0.6 is 7.60 Å². The molecule has 1 unspecified atom stereocenters. The molecule has 0 bridgehead atoms. The maximum atomic E-state index is 13.6. The van der Waals surface area contributed by atoms with Crippen LogP contribution in [0.3, 0.4) is 0 Å². The number of hydrogen-bond acceptors (Lipinski definition) is 12. The average Bonchev–Trinajstić information content (AvgIpc) is 3.43. The maximum absolute atomic E-state index is 13.6. The maximum Gasteiger partial charge on any atom is 0.510 e. The van der Waals surface area contributed by atoms with E-state index in [0.717, 1.165) is 12.2 Å². The fourth-order valence-electron chi connectivity index (χ4n) is 4.96. The van der Waals surface area contributed by atoms with E-state index in [0.29, 0.717) is 23.5 Å². The molecular weight excluding hydrogens is 673 g/mol. The molecule has 0 spiro atoms. The van der Waals surface area contributed by atoms with E-state index in [4.69, 9.17) is 40.2 Å². The van der Waals surface area contributed by atoms with Gasteiger partial charge in [0, 0.05) is 5.75 Å². The number of nitrogen functional groups attached to an aromatic ring is 1. The number of nitrogens with zero attached hydrogens (tertiary/aromatic N) is 4. The summed E-state index contributed by atoms with van der Waals surface area (Å²) >= 11 is 5.68. The van der Waals surface area contributed by atoms with Crippen molar-refractivity contribution in [2.24, 2.45) is 0 Å². The number of rotatable bonds is 27. The van der Waals surface area contributed by atoms with E-state index in [1.54, 1.807) is 31.7 Å². The molecule has 2 heterocycles. The highest BCUT2D eigenvalue weighted by Gasteiger charge is 2.28. The van der Waals surface area contributed by atoms with Crippen molar-refractivity contribution in [2.75, 3.05) is 37.0 Å². The summed E-state index contributed by atoms with van der Waals surface area (Å²) in [6.45, 7) is 9.12. The molecule has 0 aromatic carbocycles. The molecule has 0 fully saturated rings. The van der Waals surface area contributed by atoms with Gasteiger partial charge >= 0.3 is 13.8 Å². The number of fused-ring (bicyclic) bond motifs is 1. The van der Waals surface area contributed by atoms with Gasteiger partial charge in [0.1, 0.15) is 23.8 Å². The zero-order valence-electron chi connectivity index (χ0n) is 29.9. The summed E-state index contributed by atoms with van der Waals surface area (Å²) in [5.41, 5.74) is 6.21. The Morgan fingerprint density at radius 3 is 2.15 bits per heavy atom. The van der Waals surface area contributed by atoms with Gasteiger partial charge in [-0.05, 0) is 39.9 Å². The Hall–Kier alpha value is -1.70. The minimum absolute atomic E-state index is 0.148. The van der Waals surface area contributed by atoms with E-state index in [9.17, 15) is 9.36 Å². The summed E-state index contributed by atoms with van der Waals surface area (Å²) < 4.78 is 42.6. The summed E-state index contributed by atoms with van der Waals surface area (Å²) in [7, 11) is -4.10. The summed E-state index contributed by atoms with van der Waals surface area (Å²) in [4.78, 5) is 24.4. The Labute approximate surface area is 295 Å². The summed E-state index contributed by atoms with van der Waals surface area (Å²) in [6.07, 6.45) is 19.7. The fourth-order valence-corrected chi connectivity index (χ4v) is 7.88. The zero-order valence-corrected chi connectivity index (χ0v) is 32.4. The molecular formula is C33H60N5O7PS2. The third-order valence-corrected chi connectivity index (χ3v) is 11.4. The van der Waals surface area contributed by atoms with Gasteiger partial charge in [-0.3, -0.25) is 9.09 Å². The second kappa shape index (κ2) is 23.7. The molecule has 0 saturated carbocycles. The van der Waals surface area contributed by atoms with Crippen LogP contribution in [0.15, 0.2) is 12.7 Å². The van der Waals surface area contributed by atoms with Crippen LogP contribution in [0.25, 0.3) is 11.2 Å². The molecule has 48 heavy (non-hydrogen) atoms. The van der Waals surface area contributed by atoms with Crippen molar-refractivity contribution in [1.29, 1.82) is 0 Å². The molecule has 0 amide bonds. The lowest BCUT2D eigenvalue weighted by Gasteiger charge is -2.22. The number of unbranched alkanes of at least 4 members (excludes halogenated alkanes) is 13. The Bertz CT molecular complexity index is 1260. The van der Waals surface area contributed by atoms with E-state index in [-0.39, 0.29) is 28.2 Å². The van der Waals surface area contributed by atoms with Crippen LogP contribution in [0, 0.1) is 0 Å². The lowest BCUT2D eigenvalue weighted by Crippen LogP contribution is -2.25. The van der Waals surface area contributed by atoms with E-state index < -0.39 is 32.2 Å². The van der Waals surface area contributed by atoms with Gasteiger partial charge in [-0.2, -0.15) is 0 Å². The minimum atomic E-state index is -3.81. The molecule has 0 radical (unpaired) electrons. The average molecular weight is 734 g/mol. The first kappa shape index (κ1) is 42.5. The van der Waals surface area contributed by atoms with Crippen LogP contribution in [0.1, 0.15) is 125 Å². The molecule has 2 rings (SSSR count). The highest BCUT2D eigenvalue weighted by atomic mass is 32.8. The summed E-state index contributed by atoms with van der Waals surface area (Å²) in [5.74, 6) is 1.80. The topological polar surface area (TPSA) is 150 Å². The van der Waals surface area contributed by atoms with Gasteiger partial charge in [0.05, 0.1) is 25.6 Å². The highest BCUT2D eigenvalue weighted by Crippen LogP contribution is 2.48. The highest BCUT2D eigenvalue weighted by molar-refractivity contribution is 8.28. The van der Waals surface area contributed by atoms with Gasteiger partial charge in [0.25, 0.3) is 0 Å². The number of hydrogen-bond donors (Lipinski definition) is 1. The fraction of sp³-hybridized carbons (Fsp3) is 0.818. The van der Waals surface area contributed by atoms with Crippen LogP contribution < -0.4 is 5.73 Å². The van der Waals surface area contributed by atoms with E-state index in [2.05, 4.69) is 21.9 Å². The second-order valence-electron chi connectivity index (χ2n) is 13.2. The molecule has 0 saturated heterocycles. The Morgan fingerprint density at radius 1 is 0.938 bits per heavy atom. The minimum Gasteiger partial charge on any atom is -0.429 e. The van der Waals surface area contributed by atoms with Gasteiger partial charge in [-0.15, -0.1) is 9.45 Å². The van der Waals surface area contributed by atoms with Gasteiger partial charge in [0.15, 0.2) is 11.5 Å². The summed E-state index contributed by atoms with van der Waals surface area (Å²) in [5, 5.41) is 0. The van der Waals surface area contributed by atoms with Crippen molar-refractivity contribution in [3.05, 3.63) is 12.7 Å². The van der Waals surface area contributed by atoms with Crippen molar-refractivity contribution in [1.82, 2.24) is 19.5 Å². The number of carbonyl (C=O) groups is 1. The molecule has 15 heteroatoms. The van der Waals surface area contributed by atoms with Crippen molar-refractivity contribution < 1.29 is 32.6 Å². The Morgan fingerprint density at radius 2 is 1.54 bits per heavy atom. The van der Waals surface area contributed by atoms with Gasteiger partial charge in [0.2, 0.25) is 6.79 Å². The molecule has 0 aliphatic carbocycles. The molecule has 2 aromatic rings. The monoisotopic (exact) mass is 733 g/mol. The van der Waals surface area contributed by atoms with E-state index in [1.807, 2.05) is 6.92 Å². The Kier molecular flexibility index (Phi) is 20.9. The predicted octanol–water partition coefficient (Wildman–Crippen LogP) is 8.47. The third kappa shape index (κ3) is 18.9. The first-order chi connectivity index (χ1) is 22.9. The van der Waals surface area contributed by atoms with Crippen LogP contribution in [0.5, 0.6) is 0 Å². The number of nitrogens with two attached hydrogens (primary N) is 1. The lowest BCUT2D eigenvalue weighted by atomic mass is 10.0. The third-order valence-electron chi connectivity index (χ3n) is 7.54. The predicted molar refractivity (Wildman–Crippen MR) is 197 cm³/mol. The molecule has 2 N–H and O–H groups in total.